The van der Waals surface area contributed by atoms with Crippen molar-refractivity contribution >= 4 is 43.9 Å². The van der Waals surface area contributed by atoms with Gasteiger partial charge in [0.15, 0.2) is 0 Å². The first-order chi connectivity index (χ1) is 9.53. The summed E-state index contributed by atoms with van der Waals surface area (Å²) in [5.74, 6) is 0. The second-order valence-electron chi connectivity index (χ2n) is 3.99. The van der Waals surface area contributed by atoms with Gasteiger partial charge >= 0.3 is 0 Å². The van der Waals surface area contributed by atoms with Crippen molar-refractivity contribution in [2.75, 3.05) is 11.0 Å². The highest BCUT2D eigenvalue weighted by Crippen LogP contribution is 2.18. The minimum atomic E-state index is -3.54. The van der Waals surface area contributed by atoms with E-state index >= 15 is 0 Å². The third kappa shape index (κ3) is 3.59. The van der Waals surface area contributed by atoms with Gasteiger partial charge in [-0.15, -0.1) is 11.8 Å². The molecule has 0 amide bonds. The smallest absolute Gasteiger partial charge is 0.261 e. The lowest BCUT2D eigenvalue weighted by molar-refractivity contribution is 0.601. The topological polar surface area (TPSA) is 46.2 Å². The van der Waals surface area contributed by atoms with E-state index in [1.807, 2.05) is 18.4 Å². The summed E-state index contributed by atoms with van der Waals surface area (Å²) in [4.78, 5) is 0.240. The van der Waals surface area contributed by atoms with Gasteiger partial charge in [-0.1, -0.05) is 42.5 Å². The SMILES string of the molecule is CSC(=S)c1ccc(NS(=O)(=O)c2ccccc2)cc1. The molecule has 0 aliphatic carbocycles. The van der Waals surface area contributed by atoms with Gasteiger partial charge in [0, 0.05) is 5.69 Å². The monoisotopic (exact) mass is 323 g/mol. The molecule has 0 unspecified atom stereocenters. The van der Waals surface area contributed by atoms with Crippen LogP contribution >= 0.6 is 24.0 Å². The number of anilines is 1. The Morgan fingerprint density at radius 3 is 2.20 bits per heavy atom. The fraction of sp³-hybridized carbons (Fsp3) is 0.0714. The highest BCUT2D eigenvalue weighted by atomic mass is 32.2. The van der Waals surface area contributed by atoms with Crippen molar-refractivity contribution in [2.45, 2.75) is 4.90 Å². The molecule has 0 aliphatic heterocycles. The second kappa shape index (κ2) is 6.39. The van der Waals surface area contributed by atoms with Crippen LogP contribution in [-0.2, 0) is 10.0 Å². The minimum Gasteiger partial charge on any atom is -0.280 e. The Labute approximate surface area is 128 Å². The number of sulfonamides is 1. The van der Waals surface area contributed by atoms with Crippen molar-refractivity contribution in [3.63, 3.8) is 0 Å². The number of rotatable bonds is 4. The Morgan fingerprint density at radius 1 is 1.05 bits per heavy atom. The van der Waals surface area contributed by atoms with E-state index in [4.69, 9.17) is 12.2 Å². The van der Waals surface area contributed by atoms with E-state index in [-0.39, 0.29) is 4.90 Å². The number of nitrogens with one attached hydrogen (secondary N) is 1. The average Bonchev–Trinajstić information content (AvgIpc) is 2.48. The highest BCUT2D eigenvalue weighted by molar-refractivity contribution is 8.23. The molecule has 0 saturated carbocycles. The van der Waals surface area contributed by atoms with E-state index in [1.54, 1.807) is 42.5 Å². The van der Waals surface area contributed by atoms with Gasteiger partial charge < -0.3 is 0 Å². The van der Waals surface area contributed by atoms with Crippen molar-refractivity contribution in [3.05, 3.63) is 60.2 Å². The molecule has 20 heavy (non-hydrogen) atoms. The van der Waals surface area contributed by atoms with Gasteiger partial charge in [0.05, 0.1) is 9.09 Å². The van der Waals surface area contributed by atoms with Crippen LogP contribution in [0.25, 0.3) is 0 Å². The third-order valence-electron chi connectivity index (χ3n) is 2.61. The maximum atomic E-state index is 12.1. The molecule has 1 N–H and O–H groups in total. The first-order valence-corrected chi connectivity index (χ1v) is 8.91. The summed E-state index contributed by atoms with van der Waals surface area (Å²) < 4.78 is 27.6. The van der Waals surface area contributed by atoms with Gasteiger partial charge in [0.1, 0.15) is 0 Å². The molecular formula is C14H13NO2S3. The van der Waals surface area contributed by atoms with Crippen LogP contribution in [0, 0.1) is 0 Å². The van der Waals surface area contributed by atoms with Gasteiger partial charge in [0.25, 0.3) is 10.0 Å². The van der Waals surface area contributed by atoms with E-state index in [0.29, 0.717) is 5.69 Å². The number of thiocarbonyl (C=S) groups is 1. The fourth-order valence-corrected chi connectivity index (χ4v) is 3.19. The lowest BCUT2D eigenvalue weighted by atomic mass is 10.2. The Bertz CT molecular complexity index is 695. The molecule has 104 valence electrons. The predicted octanol–water partition coefficient (Wildman–Crippen LogP) is 3.53. The summed E-state index contributed by atoms with van der Waals surface area (Å²) >= 11 is 6.66. The van der Waals surface area contributed by atoms with Crippen LogP contribution in [-0.4, -0.2) is 18.9 Å². The number of hydrogen-bond donors (Lipinski definition) is 1. The molecular weight excluding hydrogens is 310 g/mol. The Hall–Kier alpha value is -1.37. The van der Waals surface area contributed by atoms with Crippen LogP contribution in [0.1, 0.15) is 5.56 Å². The van der Waals surface area contributed by atoms with E-state index in [0.717, 1.165) is 9.76 Å². The van der Waals surface area contributed by atoms with Crippen LogP contribution < -0.4 is 4.72 Å². The van der Waals surface area contributed by atoms with E-state index < -0.39 is 10.0 Å². The molecule has 6 heteroatoms. The number of thioether (sulfide) groups is 1. The lowest BCUT2D eigenvalue weighted by Gasteiger charge is -2.08. The summed E-state index contributed by atoms with van der Waals surface area (Å²) in [7, 11) is -3.54. The Balaban J connectivity index is 2.20. The van der Waals surface area contributed by atoms with E-state index in [2.05, 4.69) is 4.72 Å². The normalized spacial score (nSPS) is 11.1. The summed E-state index contributed by atoms with van der Waals surface area (Å²) in [6.07, 6.45) is 1.91. The lowest BCUT2D eigenvalue weighted by Crippen LogP contribution is -2.12. The first kappa shape index (κ1) is 15.0. The quantitative estimate of drug-likeness (QED) is 0.875. The standard InChI is InChI=1S/C14H13NO2S3/c1-19-14(18)11-7-9-12(10-8-11)15-20(16,17)13-5-3-2-4-6-13/h2-10,15H,1H3. The van der Waals surface area contributed by atoms with Crippen molar-refractivity contribution < 1.29 is 8.42 Å². The van der Waals surface area contributed by atoms with E-state index in [1.165, 1.54) is 11.8 Å². The number of hydrogen-bond acceptors (Lipinski definition) is 4. The predicted molar refractivity (Wildman–Crippen MR) is 88.9 cm³/mol. The summed E-state index contributed by atoms with van der Waals surface area (Å²) in [5, 5.41) is 0. The second-order valence-corrected chi connectivity index (χ2v) is 7.15. The molecule has 2 rings (SSSR count). The van der Waals surface area contributed by atoms with Crippen LogP contribution in [0.2, 0.25) is 0 Å². The molecule has 0 aliphatic rings. The molecule has 0 saturated heterocycles. The summed E-state index contributed by atoms with van der Waals surface area (Å²) in [6, 6.07) is 15.3. The maximum Gasteiger partial charge on any atom is 0.261 e. The Morgan fingerprint density at radius 2 is 1.65 bits per heavy atom. The van der Waals surface area contributed by atoms with E-state index in [9.17, 15) is 8.42 Å². The highest BCUT2D eigenvalue weighted by Gasteiger charge is 2.13. The van der Waals surface area contributed by atoms with Gasteiger partial charge in [0.2, 0.25) is 0 Å². The summed E-state index contributed by atoms with van der Waals surface area (Å²) in [5.41, 5.74) is 1.43. The minimum absolute atomic E-state index is 0.240. The van der Waals surface area contributed by atoms with Gasteiger partial charge in [-0.3, -0.25) is 4.72 Å². The molecule has 0 heterocycles. The molecule has 2 aromatic carbocycles. The van der Waals surface area contributed by atoms with Crippen LogP contribution in [0.4, 0.5) is 5.69 Å². The zero-order valence-electron chi connectivity index (χ0n) is 10.7. The molecule has 0 atom stereocenters. The van der Waals surface area contributed by atoms with Crippen LogP contribution in [0.5, 0.6) is 0 Å². The molecule has 0 bridgehead atoms. The van der Waals surface area contributed by atoms with Gasteiger partial charge in [-0.2, -0.15) is 0 Å². The molecule has 0 aromatic heterocycles. The van der Waals surface area contributed by atoms with Crippen molar-refractivity contribution in [1.82, 2.24) is 0 Å². The summed E-state index contributed by atoms with van der Waals surface area (Å²) in [6.45, 7) is 0. The number of benzene rings is 2. The van der Waals surface area contributed by atoms with Crippen molar-refractivity contribution in [1.29, 1.82) is 0 Å². The molecule has 0 spiro atoms. The third-order valence-corrected chi connectivity index (χ3v) is 5.35. The zero-order valence-corrected chi connectivity index (χ0v) is 13.2. The fourth-order valence-electron chi connectivity index (χ4n) is 1.61. The van der Waals surface area contributed by atoms with Crippen LogP contribution in [0.3, 0.4) is 0 Å². The van der Waals surface area contributed by atoms with Gasteiger partial charge in [-0.05, 0) is 36.1 Å². The van der Waals surface area contributed by atoms with Gasteiger partial charge in [-0.25, -0.2) is 8.42 Å². The molecule has 3 nitrogen and oxygen atoms in total. The largest absolute Gasteiger partial charge is 0.280 e. The van der Waals surface area contributed by atoms with Crippen molar-refractivity contribution in [2.24, 2.45) is 0 Å². The zero-order chi connectivity index (χ0) is 14.6. The maximum absolute atomic E-state index is 12.1. The van der Waals surface area contributed by atoms with Crippen molar-refractivity contribution in [3.8, 4) is 0 Å². The average molecular weight is 323 g/mol. The Kier molecular flexibility index (Phi) is 4.80. The van der Waals surface area contributed by atoms with Crippen LogP contribution in [0.15, 0.2) is 59.5 Å². The molecule has 0 fully saturated rings. The molecule has 0 radical (unpaired) electrons. The molecule has 2 aromatic rings. The first-order valence-electron chi connectivity index (χ1n) is 5.79.